The summed E-state index contributed by atoms with van der Waals surface area (Å²) in [6, 6.07) is 10.7. The largest absolute Gasteiger partial charge is 0.370 e. The van der Waals surface area contributed by atoms with Gasteiger partial charge in [0.05, 0.1) is 4.90 Å². The predicted octanol–water partition coefficient (Wildman–Crippen LogP) is -0.261. The van der Waals surface area contributed by atoms with E-state index in [1.165, 1.54) is 0 Å². The van der Waals surface area contributed by atoms with E-state index in [0.29, 0.717) is 0 Å². The van der Waals surface area contributed by atoms with Crippen LogP contribution in [0.1, 0.15) is 18.4 Å². The number of primary amides is 1. The molecule has 0 aliphatic carbocycles. The average molecular weight is 479 g/mol. The fourth-order valence-electron chi connectivity index (χ4n) is 2.96. The number of carbonyl (C=O) groups is 2. The highest BCUT2D eigenvalue weighted by Crippen LogP contribution is 2.12. The van der Waals surface area contributed by atoms with Crippen LogP contribution in [0.2, 0.25) is 0 Å². The summed E-state index contributed by atoms with van der Waals surface area (Å²) in [6.07, 6.45) is 0.426. The number of rotatable bonds is 12. The summed E-state index contributed by atoms with van der Waals surface area (Å²) in [5, 5.41) is 2.51. The van der Waals surface area contributed by atoms with E-state index in [0.717, 1.165) is 29.8 Å². The van der Waals surface area contributed by atoms with Crippen LogP contribution in [0.15, 0.2) is 64.5 Å². The van der Waals surface area contributed by atoms with E-state index < -0.39 is 39.7 Å². The van der Waals surface area contributed by atoms with Crippen molar-refractivity contribution < 1.29 is 22.4 Å². The van der Waals surface area contributed by atoms with Crippen molar-refractivity contribution in [2.45, 2.75) is 36.2 Å². The summed E-state index contributed by atoms with van der Waals surface area (Å²) in [5.74, 6) is -2.26. The van der Waals surface area contributed by atoms with Crippen molar-refractivity contribution >= 4 is 27.8 Å². The Morgan fingerprint density at radius 1 is 0.970 bits per heavy atom. The Morgan fingerprint density at radius 3 is 2.18 bits per heavy atom. The Bertz CT molecular complexity index is 1070. The number of amides is 2. The second-order valence-corrected chi connectivity index (χ2v) is 8.94. The van der Waals surface area contributed by atoms with Crippen LogP contribution >= 0.6 is 0 Å². The van der Waals surface area contributed by atoms with Crippen molar-refractivity contribution in [1.82, 2.24) is 10.0 Å². The van der Waals surface area contributed by atoms with Crippen molar-refractivity contribution in [1.29, 1.82) is 0 Å². The minimum Gasteiger partial charge on any atom is -0.370 e. The second kappa shape index (κ2) is 11.9. The second-order valence-electron chi connectivity index (χ2n) is 7.23. The van der Waals surface area contributed by atoms with Gasteiger partial charge in [0.15, 0.2) is 5.96 Å². The standard InChI is InChI=1S/C21H27FN6O4S/c22-15-8-10-16(11-9-15)33(31,32)28-17(7-4-12-26-21(24)25)20(30)27-18(19(23)29)13-14-5-2-1-3-6-14/h1-3,5-6,8-11,17-18,28H,4,7,12-13H2,(H2,23,29)(H,27,30)(H4,24,25,26)/t17-,18-/m0/s1. The molecule has 178 valence electrons. The summed E-state index contributed by atoms with van der Waals surface area (Å²) in [4.78, 5) is 28.5. The molecule has 2 amide bonds. The first kappa shape index (κ1) is 25.7. The molecule has 33 heavy (non-hydrogen) atoms. The van der Waals surface area contributed by atoms with Crippen molar-refractivity contribution in [3.8, 4) is 0 Å². The Hall–Kier alpha value is -3.51. The molecule has 0 spiro atoms. The molecule has 2 rings (SSSR count). The van der Waals surface area contributed by atoms with E-state index in [-0.39, 0.29) is 36.7 Å². The van der Waals surface area contributed by atoms with E-state index in [1.54, 1.807) is 30.3 Å². The summed E-state index contributed by atoms with van der Waals surface area (Å²) in [5.41, 5.74) is 16.8. The Balaban J connectivity index is 2.19. The lowest BCUT2D eigenvalue weighted by molar-refractivity contribution is -0.128. The molecule has 0 aliphatic heterocycles. The summed E-state index contributed by atoms with van der Waals surface area (Å²) < 4.78 is 41.0. The number of halogens is 1. The quantitative estimate of drug-likeness (QED) is 0.159. The number of hydrogen-bond acceptors (Lipinski definition) is 5. The van der Waals surface area contributed by atoms with Gasteiger partial charge in [0, 0.05) is 13.0 Å². The summed E-state index contributed by atoms with van der Waals surface area (Å²) in [7, 11) is -4.17. The molecular formula is C21H27FN6O4S. The molecule has 0 saturated heterocycles. The van der Waals surface area contributed by atoms with Gasteiger partial charge >= 0.3 is 0 Å². The van der Waals surface area contributed by atoms with Gasteiger partial charge in [-0.05, 0) is 42.7 Å². The summed E-state index contributed by atoms with van der Waals surface area (Å²) in [6.45, 7) is 0.160. The molecule has 10 nitrogen and oxygen atoms in total. The molecule has 0 fully saturated rings. The molecule has 0 radical (unpaired) electrons. The zero-order valence-corrected chi connectivity index (χ0v) is 18.6. The molecule has 2 atom stereocenters. The van der Waals surface area contributed by atoms with E-state index in [9.17, 15) is 22.4 Å². The van der Waals surface area contributed by atoms with E-state index >= 15 is 0 Å². The highest BCUT2D eigenvalue weighted by molar-refractivity contribution is 7.89. The zero-order valence-electron chi connectivity index (χ0n) is 17.8. The first-order chi connectivity index (χ1) is 15.6. The molecule has 8 N–H and O–H groups in total. The van der Waals surface area contributed by atoms with Crippen LogP contribution in [0.4, 0.5) is 4.39 Å². The topological polar surface area (TPSA) is 183 Å². The van der Waals surface area contributed by atoms with Crippen molar-refractivity contribution in [2.75, 3.05) is 6.54 Å². The van der Waals surface area contributed by atoms with Crippen molar-refractivity contribution in [2.24, 2.45) is 22.2 Å². The normalized spacial score (nSPS) is 13.0. The highest BCUT2D eigenvalue weighted by Gasteiger charge is 2.28. The molecule has 0 saturated carbocycles. The SMILES string of the molecule is NC(=O)[C@H](Cc1ccccc1)NC(=O)[C@H](CCCN=C(N)N)NS(=O)(=O)c1ccc(F)cc1. The maximum atomic E-state index is 13.2. The van der Waals surface area contributed by atoms with Crippen molar-refractivity contribution in [3.63, 3.8) is 0 Å². The lowest BCUT2D eigenvalue weighted by Gasteiger charge is -2.22. The first-order valence-corrected chi connectivity index (χ1v) is 11.5. The van der Waals surface area contributed by atoms with Crippen molar-refractivity contribution in [3.05, 3.63) is 66.0 Å². The number of carbonyl (C=O) groups excluding carboxylic acids is 2. The number of aliphatic imine (C=N–C) groups is 1. The average Bonchev–Trinajstić information content (AvgIpc) is 2.76. The lowest BCUT2D eigenvalue weighted by Crippen LogP contribution is -2.53. The van der Waals surface area contributed by atoms with Crippen LogP contribution in [0, 0.1) is 5.82 Å². The number of guanidine groups is 1. The van der Waals surface area contributed by atoms with Gasteiger partial charge in [-0.15, -0.1) is 0 Å². The molecular weight excluding hydrogens is 451 g/mol. The van der Waals surface area contributed by atoms with Gasteiger partial charge in [-0.3, -0.25) is 14.6 Å². The maximum absolute atomic E-state index is 13.2. The Labute approximate surface area is 191 Å². The van der Waals surface area contributed by atoms with Gasteiger partial charge in [0.1, 0.15) is 17.9 Å². The van der Waals surface area contributed by atoms with Crippen LogP contribution < -0.4 is 27.2 Å². The maximum Gasteiger partial charge on any atom is 0.241 e. The summed E-state index contributed by atoms with van der Waals surface area (Å²) >= 11 is 0. The van der Waals surface area contributed by atoms with Gasteiger partial charge in [0.25, 0.3) is 0 Å². The van der Waals surface area contributed by atoms with Gasteiger partial charge < -0.3 is 22.5 Å². The number of nitrogens with two attached hydrogens (primary N) is 3. The van der Waals surface area contributed by atoms with Gasteiger partial charge in [-0.1, -0.05) is 30.3 Å². The first-order valence-electron chi connectivity index (χ1n) is 10.1. The van der Waals surface area contributed by atoms with Crippen LogP contribution in [0.25, 0.3) is 0 Å². The van der Waals surface area contributed by atoms with E-state index in [1.807, 2.05) is 0 Å². The Kier molecular flexibility index (Phi) is 9.30. The van der Waals surface area contributed by atoms with E-state index in [4.69, 9.17) is 17.2 Å². The molecule has 0 unspecified atom stereocenters. The highest BCUT2D eigenvalue weighted by atomic mass is 32.2. The molecule has 12 heteroatoms. The van der Waals surface area contributed by atoms with E-state index in [2.05, 4.69) is 15.0 Å². The number of sulfonamides is 1. The van der Waals surface area contributed by atoms with Crippen LogP contribution in [0.3, 0.4) is 0 Å². The number of nitrogens with one attached hydrogen (secondary N) is 2. The number of nitrogens with zero attached hydrogens (tertiary/aromatic N) is 1. The number of hydrogen-bond donors (Lipinski definition) is 5. The minimum absolute atomic E-state index is 0.0276. The van der Waals surface area contributed by atoms with Gasteiger partial charge in [-0.2, -0.15) is 4.72 Å². The fraction of sp³-hybridized carbons (Fsp3) is 0.286. The lowest BCUT2D eigenvalue weighted by atomic mass is 10.0. The molecule has 0 heterocycles. The van der Waals surface area contributed by atoms with Crippen LogP contribution in [-0.4, -0.2) is 44.8 Å². The third kappa shape index (κ3) is 8.50. The minimum atomic E-state index is -4.17. The molecule has 2 aromatic carbocycles. The number of benzene rings is 2. The predicted molar refractivity (Wildman–Crippen MR) is 122 cm³/mol. The smallest absolute Gasteiger partial charge is 0.241 e. The fourth-order valence-corrected chi connectivity index (χ4v) is 4.19. The third-order valence-corrected chi connectivity index (χ3v) is 6.11. The van der Waals surface area contributed by atoms with Crippen LogP contribution in [-0.2, 0) is 26.0 Å². The molecule has 0 bridgehead atoms. The molecule has 0 aliphatic rings. The van der Waals surface area contributed by atoms with Crippen LogP contribution in [0.5, 0.6) is 0 Å². The molecule has 2 aromatic rings. The van der Waals surface area contributed by atoms with Gasteiger partial charge in [-0.25, -0.2) is 12.8 Å². The van der Waals surface area contributed by atoms with Gasteiger partial charge in [0.2, 0.25) is 21.8 Å². The monoisotopic (exact) mass is 478 g/mol. The Morgan fingerprint density at radius 2 is 1.61 bits per heavy atom. The molecule has 0 aromatic heterocycles. The third-order valence-electron chi connectivity index (χ3n) is 4.63. The zero-order chi connectivity index (χ0) is 24.4.